The van der Waals surface area contributed by atoms with E-state index < -0.39 is 0 Å². The second kappa shape index (κ2) is 5.38. The van der Waals surface area contributed by atoms with Crippen LogP contribution in [0.25, 0.3) is 16.7 Å². The van der Waals surface area contributed by atoms with E-state index in [0.29, 0.717) is 6.04 Å². The van der Waals surface area contributed by atoms with E-state index in [4.69, 9.17) is 4.98 Å². The lowest BCUT2D eigenvalue weighted by Gasteiger charge is -2.10. The maximum Gasteiger partial charge on any atom is 0.154 e. The van der Waals surface area contributed by atoms with Gasteiger partial charge in [-0.3, -0.25) is 0 Å². The molecule has 2 aromatic heterocycles. The molecule has 1 aromatic carbocycles. The largest absolute Gasteiger partial charge is 0.310 e. The van der Waals surface area contributed by atoms with Gasteiger partial charge in [0.05, 0.1) is 15.3 Å². The number of nitrogens with one attached hydrogen (secondary N) is 1. The number of aromatic nitrogens is 3. The Bertz CT molecular complexity index is 792. The van der Waals surface area contributed by atoms with E-state index in [2.05, 4.69) is 57.3 Å². The zero-order chi connectivity index (χ0) is 14.2. The molecule has 0 atom stereocenters. The maximum absolute atomic E-state index is 4.73. The summed E-state index contributed by atoms with van der Waals surface area (Å²) in [4.78, 5) is 4.73. The van der Waals surface area contributed by atoms with Crippen LogP contribution in [0.1, 0.15) is 18.4 Å². The number of rotatable bonds is 4. The second-order valence-corrected chi connectivity index (χ2v) is 6.66. The standard InChI is InChI=1S/C16H15IN4/c17-12-9-19-21(10-12)16-7-11(8-18-13-5-6-13)14-3-1-2-4-15(14)20-16/h1-4,7,9-10,13,18H,5-6,8H2. The number of hydrogen-bond donors (Lipinski definition) is 1. The van der Waals surface area contributed by atoms with Crippen LogP contribution in [0.15, 0.2) is 42.7 Å². The molecule has 3 aromatic rings. The van der Waals surface area contributed by atoms with E-state index in [9.17, 15) is 0 Å². The number of benzene rings is 1. The van der Waals surface area contributed by atoms with Gasteiger partial charge in [0, 0.05) is 24.2 Å². The zero-order valence-electron chi connectivity index (χ0n) is 11.5. The summed E-state index contributed by atoms with van der Waals surface area (Å²) in [5.41, 5.74) is 2.31. The number of hydrogen-bond acceptors (Lipinski definition) is 3. The molecule has 1 aliphatic carbocycles. The second-order valence-electron chi connectivity index (χ2n) is 5.42. The van der Waals surface area contributed by atoms with Gasteiger partial charge in [-0.2, -0.15) is 5.10 Å². The molecule has 0 bridgehead atoms. The van der Waals surface area contributed by atoms with Crippen molar-refractivity contribution in [2.45, 2.75) is 25.4 Å². The summed E-state index contributed by atoms with van der Waals surface area (Å²) in [5, 5.41) is 9.18. The minimum Gasteiger partial charge on any atom is -0.310 e. The predicted molar refractivity (Wildman–Crippen MR) is 91.4 cm³/mol. The molecule has 2 heterocycles. The van der Waals surface area contributed by atoms with Gasteiger partial charge in [0.15, 0.2) is 5.82 Å². The van der Waals surface area contributed by atoms with Crippen molar-refractivity contribution in [2.24, 2.45) is 0 Å². The molecule has 1 N–H and O–H groups in total. The lowest BCUT2D eigenvalue weighted by Crippen LogP contribution is -2.16. The van der Waals surface area contributed by atoms with Crippen LogP contribution in [0.5, 0.6) is 0 Å². The molecule has 0 saturated heterocycles. The van der Waals surface area contributed by atoms with E-state index in [1.54, 1.807) is 0 Å². The predicted octanol–water partition coefficient (Wildman–Crippen LogP) is 3.28. The molecule has 1 aliphatic rings. The first kappa shape index (κ1) is 13.2. The van der Waals surface area contributed by atoms with E-state index in [0.717, 1.165) is 21.4 Å². The van der Waals surface area contributed by atoms with Gasteiger partial charge >= 0.3 is 0 Å². The van der Waals surface area contributed by atoms with Crippen LogP contribution in [0.3, 0.4) is 0 Å². The molecule has 106 valence electrons. The minimum absolute atomic E-state index is 0.700. The van der Waals surface area contributed by atoms with Crippen molar-refractivity contribution in [2.75, 3.05) is 0 Å². The summed E-state index contributed by atoms with van der Waals surface area (Å²) in [5.74, 6) is 0.879. The van der Waals surface area contributed by atoms with Gasteiger partial charge in [0.1, 0.15) is 0 Å². The van der Waals surface area contributed by atoms with Crippen molar-refractivity contribution in [3.05, 3.63) is 51.9 Å². The number of halogens is 1. The molecule has 4 rings (SSSR count). The van der Waals surface area contributed by atoms with Crippen LogP contribution in [0.2, 0.25) is 0 Å². The number of fused-ring (bicyclic) bond motifs is 1. The molecule has 1 fully saturated rings. The molecular weight excluding hydrogens is 375 g/mol. The minimum atomic E-state index is 0.700. The Morgan fingerprint density at radius 2 is 2.14 bits per heavy atom. The smallest absolute Gasteiger partial charge is 0.154 e. The van der Waals surface area contributed by atoms with E-state index >= 15 is 0 Å². The first-order chi connectivity index (χ1) is 10.3. The topological polar surface area (TPSA) is 42.7 Å². The Labute approximate surface area is 136 Å². The summed E-state index contributed by atoms with van der Waals surface area (Å²) in [6.45, 7) is 0.888. The lowest BCUT2D eigenvalue weighted by atomic mass is 10.1. The quantitative estimate of drug-likeness (QED) is 0.696. The van der Waals surface area contributed by atoms with Crippen LogP contribution in [-0.4, -0.2) is 20.8 Å². The van der Waals surface area contributed by atoms with E-state index in [1.807, 2.05) is 23.1 Å². The van der Waals surface area contributed by atoms with Gasteiger partial charge in [0.2, 0.25) is 0 Å². The van der Waals surface area contributed by atoms with Gasteiger partial charge in [0.25, 0.3) is 0 Å². The molecule has 0 radical (unpaired) electrons. The van der Waals surface area contributed by atoms with Crippen LogP contribution < -0.4 is 5.32 Å². The summed E-state index contributed by atoms with van der Waals surface area (Å²) >= 11 is 2.26. The van der Waals surface area contributed by atoms with E-state index in [1.165, 1.54) is 23.8 Å². The molecule has 0 unspecified atom stereocenters. The van der Waals surface area contributed by atoms with Crippen LogP contribution in [0, 0.1) is 3.57 Å². The van der Waals surface area contributed by atoms with Crippen LogP contribution in [0.4, 0.5) is 0 Å². The molecule has 0 amide bonds. The zero-order valence-corrected chi connectivity index (χ0v) is 13.6. The Morgan fingerprint density at radius 1 is 1.29 bits per heavy atom. The third-order valence-electron chi connectivity index (χ3n) is 3.73. The summed E-state index contributed by atoms with van der Waals surface area (Å²) < 4.78 is 2.95. The molecule has 1 saturated carbocycles. The monoisotopic (exact) mass is 390 g/mol. The van der Waals surface area contributed by atoms with Crippen LogP contribution >= 0.6 is 22.6 Å². The fourth-order valence-corrected chi connectivity index (χ4v) is 2.85. The number of pyridine rings is 1. The molecule has 5 heteroatoms. The third-order valence-corrected chi connectivity index (χ3v) is 4.29. The molecule has 0 aliphatic heterocycles. The normalized spacial score (nSPS) is 14.7. The number of para-hydroxylation sites is 1. The van der Waals surface area contributed by atoms with Crippen molar-refractivity contribution in [3.8, 4) is 5.82 Å². The van der Waals surface area contributed by atoms with Crippen molar-refractivity contribution in [1.82, 2.24) is 20.1 Å². The highest BCUT2D eigenvalue weighted by molar-refractivity contribution is 14.1. The molecule has 21 heavy (non-hydrogen) atoms. The highest BCUT2D eigenvalue weighted by Gasteiger charge is 2.20. The molecule has 4 nitrogen and oxygen atoms in total. The molecule has 0 spiro atoms. The summed E-state index contributed by atoms with van der Waals surface area (Å²) in [6, 6.07) is 11.1. The Hall–Kier alpha value is -1.47. The number of nitrogens with zero attached hydrogens (tertiary/aromatic N) is 3. The summed E-state index contributed by atoms with van der Waals surface area (Å²) in [6.07, 6.45) is 6.44. The average molecular weight is 390 g/mol. The van der Waals surface area contributed by atoms with Gasteiger partial charge in [-0.15, -0.1) is 0 Å². The first-order valence-corrected chi connectivity index (χ1v) is 8.20. The van der Waals surface area contributed by atoms with Gasteiger partial charge < -0.3 is 5.32 Å². The fourth-order valence-electron chi connectivity index (χ4n) is 2.46. The molecular formula is C16H15IN4. The maximum atomic E-state index is 4.73. The fraction of sp³-hybridized carbons (Fsp3) is 0.250. The van der Waals surface area contributed by atoms with Crippen molar-refractivity contribution in [3.63, 3.8) is 0 Å². The SMILES string of the molecule is Ic1cnn(-c2cc(CNC3CC3)c3ccccc3n2)c1. The van der Waals surface area contributed by atoms with Gasteiger partial charge in [-0.1, -0.05) is 18.2 Å². The Kier molecular flexibility index (Phi) is 3.39. The highest BCUT2D eigenvalue weighted by Crippen LogP contribution is 2.23. The highest BCUT2D eigenvalue weighted by atomic mass is 127. The summed E-state index contributed by atoms with van der Waals surface area (Å²) in [7, 11) is 0. The third kappa shape index (κ3) is 2.80. The van der Waals surface area contributed by atoms with Crippen LogP contribution in [-0.2, 0) is 6.54 Å². The first-order valence-electron chi connectivity index (χ1n) is 7.12. The van der Waals surface area contributed by atoms with E-state index in [-0.39, 0.29) is 0 Å². The van der Waals surface area contributed by atoms with Crippen molar-refractivity contribution < 1.29 is 0 Å². The lowest BCUT2D eigenvalue weighted by molar-refractivity contribution is 0.689. The van der Waals surface area contributed by atoms with Gasteiger partial charge in [-0.05, 0) is 53.1 Å². The average Bonchev–Trinajstić information content (AvgIpc) is 3.24. The Balaban J connectivity index is 1.80. The van der Waals surface area contributed by atoms with Gasteiger partial charge in [-0.25, -0.2) is 9.67 Å². The van der Waals surface area contributed by atoms with Crippen molar-refractivity contribution in [1.29, 1.82) is 0 Å². The van der Waals surface area contributed by atoms with Crippen molar-refractivity contribution >= 4 is 33.5 Å². The Morgan fingerprint density at radius 3 is 2.90 bits per heavy atom.